The molecule has 1 heteroatoms. The number of nitrogens with zero attached hydrogens (tertiary/aromatic N) is 1. The van der Waals surface area contributed by atoms with E-state index >= 15 is 0 Å². The van der Waals surface area contributed by atoms with Crippen molar-refractivity contribution >= 4 is 17.0 Å². The normalized spacial score (nSPS) is 10.7. The number of rotatable bonds is 2. The van der Waals surface area contributed by atoms with E-state index in [1.807, 2.05) is 6.08 Å². The average molecular weight is 223 g/mol. The first-order valence-corrected chi connectivity index (χ1v) is 6.10. The van der Waals surface area contributed by atoms with E-state index in [0.717, 1.165) is 13.0 Å². The highest BCUT2D eigenvalue weighted by molar-refractivity contribution is 5.83. The predicted octanol–water partition coefficient (Wildman–Crippen LogP) is 4.09. The Morgan fingerprint density at radius 2 is 2.06 bits per heavy atom. The lowest BCUT2D eigenvalue weighted by molar-refractivity contribution is 0.789. The van der Waals surface area contributed by atoms with Crippen LogP contribution in [0.5, 0.6) is 0 Å². The van der Waals surface area contributed by atoms with Crippen molar-refractivity contribution in [1.29, 1.82) is 0 Å². The molecule has 0 aliphatic rings. The molecule has 0 bridgehead atoms. The molecule has 1 heterocycles. The third kappa shape index (κ3) is 2.42. The first kappa shape index (κ1) is 11.5. The van der Waals surface area contributed by atoms with E-state index in [-0.39, 0.29) is 0 Å². The van der Waals surface area contributed by atoms with Gasteiger partial charge in [-0.25, -0.2) is 0 Å². The van der Waals surface area contributed by atoms with Gasteiger partial charge in [0.25, 0.3) is 0 Å². The Hall–Kier alpha value is -1.94. The van der Waals surface area contributed by atoms with Crippen LogP contribution >= 0.6 is 0 Å². The van der Waals surface area contributed by atoms with Crippen molar-refractivity contribution in [2.75, 3.05) is 0 Å². The Morgan fingerprint density at radius 1 is 1.24 bits per heavy atom. The van der Waals surface area contributed by atoms with Crippen molar-refractivity contribution < 1.29 is 0 Å². The molecular formula is C16H17N. The van der Waals surface area contributed by atoms with Gasteiger partial charge in [0, 0.05) is 29.6 Å². The van der Waals surface area contributed by atoms with Gasteiger partial charge in [-0.3, -0.25) is 0 Å². The second-order valence-electron chi connectivity index (χ2n) is 3.88. The van der Waals surface area contributed by atoms with Gasteiger partial charge in [0.15, 0.2) is 0 Å². The first-order valence-electron chi connectivity index (χ1n) is 6.10. The number of para-hydroxylation sites is 1. The Balaban J connectivity index is 2.43. The molecule has 86 valence electrons. The lowest BCUT2D eigenvalue weighted by Gasteiger charge is -2.03. The minimum Gasteiger partial charge on any atom is -0.341 e. The summed E-state index contributed by atoms with van der Waals surface area (Å²) in [6.45, 7) is 5.21. The van der Waals surface area contributed by atoms with E-state index in [0.29, 0.717) is 0 Å². The quantitative estimate of drug-likeness (QED) is 0.676. The molecule has 0 fully saturated rings. The van der Waals surface area contributed by atoms with E-state index in [1.165, 1.54) is 16.6 Å². The Kier molecular flexibility index (Phi) is 3.67. The average Bonchev–Trinajstić information content (AvgIpc) is 2.72. The van der Waals surface area contributed by atoms with Crippen molar-refractivity contribution in [2.24, 2.45) is 0 Å². The fourth-order valence-corrected chi connectivity index (χ4v) is 2.01. The number of aryl methyl sites for hydroxylation is 1. The Morgan fingerprint density at radius 3 is 2.82 bits per heavy atom. The fraction of sp³-hybridized carbons (Fsp3) is 0.250. The molecule has 0 amide bonds. The van der Waals surface area contributed by atoms with E-state index in [4.69, 9.17) is 0 Å². The van der Waals surface area contributed by atoms with Crippen LogP contribution in [0.15, 0.2) is 36.4 Å². The smallest absolute Gasteiger partial charge is 0.0485 e. The van der Waals surface area contributed by atoms with Crippen LogP contribution in [0.25, 0.3) is 17.0 Å². The van der Waals surface area contributed by atoms with Crippen LogP contribution in [0.4, 0.5) is 0 Å². The highest BCUT2D eigenvalue weighted by atomic mass is 15.0. The second kappa shape index (κ2) is 5.41. The SMILES string of the molecule is CCC#C/C=C\c1cc2ccccc2n1CC. The third-order valence-corrected chi connectivity index (χ3v) is 2.78. The van der Waals surface area contributed by atoms with Gasteiger partial charge in [-0.05, 0) is 31.2 Å². The highest BCUT2D eigenvalue weighted by Gasteiger charge is 2.03. The number of fused-ring (bicyclic) bond motifs is 1. The molecule has 0 saturated carbocycles. The summed E-state index contributed by atoms with van der Waals surface area (Å²) in [5, 5.41) is 1.29. The molecule has 1 nitrogen and oxygen atoms in total. The van der Waals surface area contributed by atoms with E-state index < -0.39 is 0 Å². The van der Waals surface area contributed by atoms with Crippen LogP contribution in [0.1, 0.15) is 26.0 Å². The van der Waals surface area contributed by atoms with Gasteiger partial charge in [-0.2, -0.15) is 0 Å². The van der Waals surface area contributed by atoms with Crippen LogP contribution in [0.3, 0.4) is 0 Å². The maximum Gasteiger partial charge on any atom is 0.0485 e. The molecule has 0 radical (unpaired) electrons. The molecule has 2 rings (SSSR count). The lowest BCUT2D eigenvalue weighted by Crippen LogP contribution is -1.95. The minimum atomic E-state index is 0.904. The maximum absolute atomic E-state index is 3.04. The van der Waals surface area contributed by atoms with Crippen molar-refractivity contribution in [3.05, 3.63) is 42.1 Å². The molecule has 1 aromatic carbocycles. The fourth-order valence-electron chi connectivity index (χ4n) is 2.01. The number of allylic oxidation sites excluding steroid dienone is 1. The zero-order valence-electron chi connectivity index (χ0n) is 10.4. The summed E-state index contributed by atoms with van der Waals surface area (Å²) in [6, 6.07) is 10.7. The minimum absolute atomic E-state index is 0.904. The Labute approximate surface area is 103 Å². The zero-order valence-corrected chi connectivity index (χ0v) is 10.4. The first-order chi connectivity index (χ1) is 8.36. The second-order valence-corrected chi connectivity index (χ2v) is 3.88. The number of benzene rings is 1. The van der Waals surface area contributed by atoms with Gasteiger partial charge in [0.05, 0.1) is 0 Å². The van der Waals surface area contributed by atoms with Crippen LogP contribution in [0, 0.1) is 11.8 Å². The summed E-state index contributed by atoms with van der Waals surface area (Å²) in [4.78, 5) is 0. The molecule has 2 aromatic rings. The van der Waals surface area contributed by atoms with Crippen LogP contribution < -0.4 is 0 Å². The van der Waals surface area contributed by atoms with Gasteiger partial charge in [-0.1, -0.05) is 37.0 Å². The van der Waals surface area contributed by atoms with Crippen molar-refractivity contribution in [1.82, 2.24) is 4.57 Å². The molecule has 0 aliphatic heterocycles. The van der Waals surface area contributed by atoms with Crippen LogP contribution in [-0.2, 0) is 6.54 Å². The molecule has 0 atom stereocenters. The largest absolute Gasteiger partial charge is 0.341 e. The molecule has 0 spiro atoms. The van der Waals surface area contributed by atoms with E-state index in [1.54, 1.807) is 0 Å². The molecule has 0 unspecified atom stereocenters. The Bertz CT molecular complexity index is 591. The van der Waals surface area contributed by atoms with E-state index in [9.17, 15) is 0 Å². The van der Waals surface area contributed by atoms with Crippen LogP contribution in [-0.4, -0.2) is 4.57 Å². The standard InChI is InChI=1S/C16H17N/c1-3-5-6-7-11-15-13-14-10-8-9-12-16(14)17(15)4-2/h7-13H,3-4H2,1-2H3/b11-7-. The molecule has 0 aliphatic carbocycles. The van der Waals surface area contributed by atoms with Gasteiger partial charge in [0.2, 0.25) is 0 Å². The van der Waals surface area contributed by atoms with Crippen molar-refractivity contribution in [2.45, 2.75) is 26.8 Å². The maximum atomic E-state index is 3.04. The number of hydrogen-bond donors (Lipinski definition) is 0. The lowest BCUT2D eigenvalue weighted by atomic mass is 10.2. The third-order valence-electron chi connectivity index (χ3n) is 2.78. The topological polar surface area (TPSA) is 4.93 Å². The van der Waals surface area contributed by atoms with E-state index in [2.05, 4.69) is 66.7 Å². The van der Waals surface area contributed by atoms with Crippen molar-refractivity contribution in [3.8, 4) is 11.8 Å². The molecular weight excluding hydrogens is 206 g/mol. The summed E-state index contributed by atoms with van der Waals surface area (Å²) < 4.78 is 2.31. The van der Waals surface area contributed by atoms with Crippen molar-refractivity contribution in [3.63, 3.8) is 0 Å². The summed E-state index contributed by atoms with van der Waals surface area (Å²) in [5.74, 6) is 6.08. The summed E-state index contributed by atoms with van der Waals surface area (Å²) in [6.07, 6.45) is 4.93. The van der Waals surface area contributed by atoms with Crippen LogP contribution in [0.2, 0.25) is 0 Å². The summed E-state index contributed by atoms with van der Waals surface area (Å²) in [7, 11) is 0. The zero-order chi connectivity index (χ0) is 12.1. The number of hydrogen-bond acceptors (Lipinski definition) is 0. The van der Waals surface area contributed by atoms with Gasteiger partial charge < -0.3 is 4.57 Å². The molecule has 1 aromatic heterocycles. The molecule has 17 heavy (non-hydrogen) atoms. The van der Waals surface area contributed by atoms with Gasteiger partial charge in [0.1, 0.15) is 0 Å². The van der Waals surface area contributed by atoms with Gasteiger partial charge >= 0.3 is 0 Å². The molecule has 0 saturated heterocycles. The summed E-state index contributed by atoms with van der Waals surface area (Å²) >= 11 is 0. The predicted molar refractivity (Wildman–Crippen MR) is 74.7 cm³/mol. The molecule has 0 N–H and O–H groups in total. The number of aromatic nitrogens is 1. The van der Waals surface area contributed by atoms with Gasteiger partial charge in [-0.15, -0.1) is 0 Å². The summed E-state index contributed by atoms with van der Waals surface area (Å²) in [5.41, 5.74) is 2.51. The monoisotopic (exact) mass is 223 g/mol. The highest BCUT2D eigenvalue weighted by Crippen LogP contribution is 2.20.